The Hall–Kier alpha value is -2.33. The zero-order valence-corrected chi connectivity index (χ0v) is 17.8. The number of nitrogens with two attached hydrogens (primary N) is 1. The van der Waals surface area contributed by atoms with Crippen LogP contribution in [0.15, 0.2) is 22.6 Å². The number of ether oxygens (including phenoxy) is 1. The molecule has 2 heterocycles. The first-order chi connectivity index (χ1) is 15.3. The molecule has 0 radical (unpaired) electrons. The fraction of sp³-hybridized carbons (Fsp3) is 0.636. The Morgan fingerprint density at radius 2 is 1.97 bits per heavy atom. The molecule has 0 unspecified atom stereocenters. The van der Waals surface area contributed by atoms with Gasteiger partial charge in [0.15, 0.2) is 5.58 Å². The van der Waals surface area contributed by atoms with Gasteiger partial charge in [0, 0.05) is 7.11 Å². The van der Waals surface area contributed by atoms with Crippen LogP contribution in [0, 0.1) is 17.8 Å². The van der Waals surface area contributed by atoms with Crippen LogP contribution in [0.5, 0.6) is 0 Å². The molecule has 2 saturated carbocycles. The van der Waals surface area contributed by atoms with Gasteiger partial charge in [0.05, 0.1) is 25.2 Å². The zero-order valence-electron chi connectivity index (χ0n) is 17.8. The third kappa shape index (κ3) is 4.05. The smallest absolute Gasteiger partial charge is 0.410 e. The lowest BCUT2D eigenvalue weighted by atomic mass is 9.90. The van der Waals surface area contributed by atoms with Gasteiger partial charge in [-0.2, -0.15) is 13.2 Å². The van der Waals surface area contributed by atoms with Crippen molar-refractivity contribution in [3.05, 3.63) is 29.7 Å². The topological polar surface area (TPSA) is 93.6 Å². The van der Waals surface area contributed by atoms with Crippen molar-refractivity contribution in [2.45, 2.75) is 50.0 Å². The van der Waals surface area contributed by atoms with E-state index in [1.165, 1.54) is 32.8 Å². The van der Waals surface area contributed by atoms with Crippen LogP contribution in [0.25, 0.3) is 11.1 Å². The van der Waals surface area contributed by atoms with E-state index >= 15 is 0 Å². The number of carbonyl (C=O) groups is 1. The van der Waals surface area contributed by atoms with Gasteiger partial charge in [0.1, 0.15) is 11.6 Å². The summed E-state index contributed by atoms with van der Waals surface area (Å²) in [6.45, 7) is -0.424. The summed E-state index contributed by atoms with van der Waals surface area (Å²) < 4.78 is 50.6. The van der Waals surface area contributed by atoms with Crippen LogP contribution in [0.4, 0.5) is 18.0 Å². The van der Waals surface area contributed by atoms with Gasteiger partial charge in [-0.25, -0.2) is 9.78 Å². The van der Waals surface area contributed by atoms with Crippen molar-refractivity contribution in [3.63, 3.8) is 0 Å². The monoisotopic (exact) mass is 452 g/mol. The number of urea groups is 1. The van der Waals surface area contributed by atoms with E-state index in [0.29, 0.717) is 40.3 Å². The highest BCUT2D eigenvalue weighted by atomic mass is 19.4. The van der Waals surface area contributed by atoms with Crippen LogP contribution in [-0.2, 0) is 4.74 Å². The van der Waals surface area contributed by atoms with E-state index in [2.05, 4.69) is 4.98 Å². The maximum absolute atomic E-state index is 13.1. The highest BCUT2D eigenvalue weighted by Crippen LogP contribution is 2.53. The molecule has 32 heavy (non-hydrogen) atoms. The summed E-state index contributed by atoms with van der Waals surface area (Å²) in [7, 11) is 1.45. The molecule has 3 N–H and O–H groups in total. The van der Waals surface area contributed by atoms with Gasteiger partial charge in [0.2, 0.25) is 5.89 Å². The average molecular weight is 452 g/mol. The van der Waals surface area contributed by atoms with Crippen molar-refractivity contribution in [1.29, 1.82) is 0 Å². The van der Waals surface area contributed by atoms with E-state index in [-0.39, 0.29) is 12.6 Å². The molecular weight excluding hydrogens is 425 g/mol. The van der Waals surface area contributed by atoms with Gasteiger partial charge in [-0.3, -0.25) is 0 Å². The Bertz CT molecular complexity index is 990. The normalized spacial score (nSPS) is 23.8. The predicted molar refractivity (Wildman–Crippen MR) is 110 cm³/mol. The number of carbonyl (C=O) groups excluding carboxylic acids is 1. The van der Waals surface area contributed by atoms with Gasteiger partial charge >= 0.3 is 12.2 Å². The number of nitrogens with zero attached hydrogens (tertiary/aromatic N) is 2. The van der Waals surface area contributed by atoms with Crippen LogP contribution in [0.3, 0.4) is 0 Å². The number of methoxy groups -OCH3 is 1. The maximum Gasteiger partial charge on any atom is 0.410 e. The zero-order chi connectivity index (χ0) is 22.6. The van der Waals surface area contributed by atoms with Crippen molar-refractivity contribution >= 4 is 17.1 Å². The lowest BCUT2D eigenvalue weighted by Gasteiger charge is -2.27. The second-order valence-corrected chi connectivity index (χ2v) is 9.22. The number of alkyl halides is 3. The number of oxazole rings is 1. The molecule has 0 spiro atoms. The minimum absolute atomic E-state index is 0.0547. The van der Waals surface area contributed by atoms with Crippen molar-refractivity contribution in [2.24, 2.45) is 23.5 Å². The molecular formula is C22H27F3N4O3. The van der Waals surface area contributed by atoms with Crippen LogP contribution in [0.2, 0.25) is 0 Å². The summed E-state index contributed by atoms with van der Waals surface area (Å²) in [6.07, 6.45) is 0.301. The maximum atomic E-state index is 13.1. The predicted octanol–water partition coefficient (Wildman–Crippen LogP) is 3.91. The Morgan fingerprint density at radius 1 is 1.28 bits per heavy atom. The van der Waals surface area contributed by atoms with Crippen molar-refractivity contribution < 1.29 is 27.1 Å². The summed E-state index contributed by atoms with van der Waals surface area (Å²) in [5, 5.41) is 2.01. The van der Waals surface area contributed by atoms with E-state index in [9.17, 15) is 18.0 Å². The number of hydrogen-bond donors (Lipinski definition) is 2. The molecule has 1 aromatic carbocycles. The summed E-state index contributed by atoms with van der Waals surface area (Å²) in [6, 6.07) is 1.59. The SMILES string of the molecule is COC[C@@H](c1ccc2oc([C@H](N)C(C3CC3)C3CC3)nc2c1)N1C[C@@H](C(F)(F)F)NC1=O. The van der Waals surface area contributed by atoms with Crippen LogP contribution >= 0.6 is 0 Å². The van der Waals surface area contributed by atoms with Crippen molar-refractivity contribution in [1.82, 2.24) is 15.2 Å². The first-order valence-corrected chi connectivity index (χ1v) is 11.0. The summed E-state index contributed by atoms with van der Waals surface area (Å²) in [4.78, 5) is 18.1. The van der Waals surface area contributed by atoms with Crippen LogP contribution in [-0.4, -0.2) is 48.4 Å². The third-order valence-electron chi connectivity index (χ3n) is 6.88. The number of fused-ring (bicyclic) bond motifs is 1. The van der Waals surface area contributed by atoms with Gasteiger partial charge in [0.25, 0.3) is 0 Å². The van der Waals surface area contributed by atoms with Crippen LogP contribution < -0.4 is 11.1 Å². The minimum Gasteiger partial charge on any atom is -0.439 e. The molecule has 174 valence electrons. The fourth-order valence-electron chi connectivity index (χ4n) is 4.95. The standard InChI is InChI=1S/C22H27F3N4O3/c1-31-10-15(29-9-17(22(23,24)25)28-21(29)30)13-6-7-16-14(8-13)27-20(32-16)19(26)18(11-2-3-11)12-4-5-12/h6-8,11-12,15,17-19H,2-5,9-10,26H2,1H3,(H,28,30)/t15-,17-,19+/m0/s1. The Kier molecular flexibility index (Phi) is 5.32. The first kappa shape index (κ1) is 21.5. The van der Waals surface area contributed by atoms with E-state index in [4.69, 9.17) is 14.9 Å². The average Bonchev–Trinajstić information content (AvgIpc) is 3.67. The van der Waals surface area contributed by atoms with Crippen molar-refractivity contribution in [2.75, 3.05) is 20.3 Å². The number of nitrogens with one attached hydrogen (secondary N) is 1. The molecule has 3 fully saturated rings. The molecule has 1 aromatic heterocycles. The van der Waals surface area contributed by atoms with E-state index in [1.54, 1.807) is 18.2 Å². The van der Waals surface area contributed by atoms with E-state index < -0.39 is 30.8 Å². The lowest BCUT2D eigenvalue weighted by Crippen LogP contribution is -2.40. The Morgan fingerprint density at radius 3 is 2.53 bits per heavy atom. The molecule has 3 aliphatic rings. The van der Waals surface area contributed by atoms with Gasteiger partial charge in [-0.05, 0) is 61.1 Å². The summed E-state index contributed by atoms with van der Waals surface area (Å²) in [5.74, 6) is 2.17. The highest BCUT2D eigenvalue weighted by Gasteiger charge is 2.49. The first-order valence-electron chi connectivity index (χ1n) is 11.0. The van der Waals surface area contributed by atoms with Gasteiger partial charge in [-0.15, -0.1) is 0 Å². The number of aromatic nitrogens is 1. The second-order valence-electron chi connectivity index (χ2n) is 9.22. The molecule has 10 heteroatoms. The molecule has 2 aromatic rings. The number of rotatable bonds is 8. The molecule has 2 amide bonds. The molecule has 0 bridgehead atoms. The molecule has 2 aliphatic carbocycles. The quantitative estimate of drug-likeness (QED) is 0.634. The van der Waals surface area contributed by atoms with E-state index in [0.717, 1.165) is 4.90 Å². The number of hydrogen-bond acceptors (Lipinski definition) is 5. The summed E-state index contributed by atoms with van der Waals surface area (Å²) >= 11 is 0. The highest BCUT2D eigenvalue weighted by molar-refractivity contribution is 5.78. The third-order valence-corrected chi connectivity index (χ3v) is 6.88. The van der Waals surface area contributed by atoms with Crippen molar-refractivity contribution in [3.8, 4) is 0 Å². The summed E-state index contributed by atoms with van der Waals surface area (Å²) in [5.41, 5.74) is 8.34. The fourth-order valence-corrected chi connectivity index (χ4v) is 4.95. The number of amides is 2. The lowest BCUT2D eigenvalue weighted by molar-refractivity contribution is -0.150. The molecule has 1 aliphatic heterocycles. The van der Waals surface area contributed by atoms with Gasteiger partial charge < -0.3 is 25.1 Å². The molecule has 7 nitrogen and oxygen atoms in total. The molecule has 5 rings (SSSR count). The molecule has 1 saturated heterocycles. The van der Waals surface area contributed by atoms with E-state index in [1.807, 2.05) is 5.32 Å². The minimum atomic E-state index is -4.51. The van der Waals surface area contributed by atoms with Crippen LogP contribution in [0.1, 0.15) is 49.2 Å². The Balaban J connectivity index is 1.41. The molecule has 3 atom stereocenters. The Labute approximate surface area is 183 Å². The largest absolute Gasteiger partial charge is 0.439 e. The van der Waals surface area contributed by atoms with Gasteiger partial charge in [-0.1, -0.05) is 6.07 Å². The number of benzene rings is 1. The second kappa shape index (κ2) is 7.91. The number of halogens is 3.